The summed E-state index contributed by atoms with van der Waals surface area (Å²) in [5, 5.41) is 19.8. The average molecular weight is 432 g/mol. The molecular weight excluding hydrogens is 402 g/mol. The van der Waals surface area contributed by atoms with Crippen molar-refractivity contribution in [2.45, 2.75) is 38.1 Å². The molecule has 1 atom stereocenters. The van der Waals surface area contributed by atoms with Crippen LogP contribution < -0.4 is 4.90 Å². The van der Waals surface area contributed by atoms with E-state index in [-0.39, 0.29) is 30.2 Å². The molecule has 4 rings (SSSR count). The molecule has 1 saturated heterocycles. The third-order valence-electron chi connectivity index (χ3n) is 6.74. The lowest BCUT2D eigenvalue weighted by Crippen LogP contribution is -2.39. The zero-order chi connectivity index (χ0) is 21.3. The van der Waals surface area contributed by atoms with Gasteiger partial charge in [-0.2, -0.15) is 5.26 Å². The molecule has 30 heavy (non-hydrogen) atoms. The number of fused-ring (bicyclic) bond motifs is 1. The Bertz CT molecular complexity index is 1040. The van der Waals surface area contributed by atoms with Gasteiger partial charge in [0.2, 0.25) is 10.0 Å². The highest BCUT2D eigenvalue weighted by molar-refractivity contribution is 7.89. The molecule has 8 nitrogen and oxygen atoms in total. The zero-order valence-electron chi connectivity index (χ0n) is 17.3. The molecule has 3 heterocycles. The summed E-state index contributed by atoms with van der Waals surface area (Å²) in [6.45, 7) is 1.03. The second kappa shape index (κ2) is 8.53. The third kappa shape index (κ3) is 4.04. The maximum absolute atomic E-state index is 12.8. The lowest BCUT2D eigenvalue weighted by molar-refractivity contribution is 0.233. The molecule has 0 spiro atoms. The van der Waals surface area contributed by atoms with Crippen LogP contribution >= 0.6 is 0 Å². The Kier molecular flexibility index (Phi) is 6.00. The number of sulfonamides is 1. The highest BCUT2D eigenvalue weighted by Crippen LogP contribution is 2.35. The van der Waals surface area contributed by atoms with Gasteiger partial charge >= 0.3 is 0 Å². The Morgan fingerprint density at radius 2 is 2.07 bits per heavy atom. The van der Waals surface area contributed by atoms with Gasteiger partial charge in [-0.3, -0.25) is 0 Å². The Balaban J connectivity index is 1.41. The van der Waals surface area contributed by atoms with Gasteiger partial charge in [0, 0.05) is 50.6 Å². The standard InChI is InChI=1S/C21H29N5O3S/c1-25(20-17(10-22)11-24-21-19(20)6-8-23-21)18-4-2-15(3-5-18)14-30(28,29)26-9-7-16(12-26)13-27/h6,8,11,15-16,18,27H,2-5,7,9,12-14H2,1H3,(H,23,24). The number of hydrogen-bond donors (Lipinski definition) is 2. The van der Waals surface area contributed by atoms with Gasteiger partial charge in [0.05, 0.1) is 17.0 Å². The molecule has 9 heteroatoms. The fourth-order valence-electron chi connectivity index (χ4n) is 4.94. The molecule has 2 aliphatic rings. The van der Waals surface area contributed by atoms with Crippen LogP contribution in [-0.2, 0) is 10.0 Å². The summed E-state index contributed by atoms with van der Waals surface area (Å²) >= 11 is 0. The van der Waals surface area contributed by atoms with Crippen molar-refractivity contribution in [3.8, 4) is 6.07 Å². The highest BCUT2D eigenvalue weighted by Gasteiger charge is 2.34. The summed E-state index contributed by atoms with van der Waals surface area (Å²) in [6.07, 6.45) is 7.69. The maximum Gasteiger partial charge on any atom is 0.214 e. The van der Waals surface area contributed by atoms with Gasteiger partial charge in [0.15, 0.2) is 0 Å². The molecule has 2 fully saturated rings. The monoisotopic (exact) mass is 431 g/mol. The molecule has 1 saturated carbocycles. The number of aliphatic hydroxyl groups is 1. The number of rotatable bonds is 6. The van der Waals surface area contributed by atoms with E-state index in [0.29, 0.717) is 18.7 Å². The van der Waals surface area contributed by atoms with Crippen LogP contribution in [0.2, 0.25) is 0 Å². The minimum Gasteiger partial charge on any atom is -0.396 e. The molecule has 0 radical (unpaired) electrons. The minimum atomic E-state index is -3.27. The van der Waals surface area contributed by atoms with E-state index < -0.39 is 10.0 Å². The summed E-state index contributed by atoms with van der Waals surface area (Å²) < 4.78 is 27.1. The van der Waals surface area contributed by atoms with Crippen LogP contribution in [0, 0.1) is 23.2 Å². The first-order valence-corrected chi connectivity index (χ1v) is 12.2. The molecule has 2 aromatic heterocycles. The number of aromatic amines is 1. The third-order valence-corrected chi connectivity index (χ3v) is 8.75. The summed E-state index contributed by atoms with van der Waals surface area (Å²) in [4.78, 5) is 9.59. The van der Waals surface area contributed by atoms with Crippen molar-refractivity contribution >= 4 is 26.7 Å². The van der Waals surface area contributed by atoms with Crippen LogP contribution in [0.5, 0.6) is 0 Å². The molecule has 162 valence electrons. The smallest absolute Gasteiger partial charge is 0.214 e. The predicted octanol–water partition coefficient (Wildman–Crippen LogP) is 2.07. The summed E-state index contributed by atoms with van der Waals surface area (Å²) in [5.41, 5.74) is 2.22. The lowest BCUT2D eigenvalue weighted by atomic mass is 9.86. The topological polar surface area (TPSA) is 113 Å². The molecule has 2 N–H and O–H groups in total. The Morgan fingerprint density at radius 1 is 1.30 bits per heavy atom. The number of nitrogens with one attached hydrogen (secondary N) is 1. The van der Waals surface area contributed by atoms with Crippen LogP contribution in [0.25, 0.3) is 11.0 Å². The van der Waals surface area contributed by atoms with E-state index in [1.165, 1.54) is 0 Å². The number of pyridine rings is 1. The molecule has 1 unspecified atom stereocenters. The van der Waals surface area contributed by atoms with Crippen LogP contribution in [0.3, 0.4) is 0 Å². The maximum atomic E-state index is 12.8. The van der Waals surface area contributed by atoms with E-state index in [2.05, 4.69) is 20.9 Å². The lowest BCUT2D eigenvalue weighted by Gasteiger charge is -2.36. The van der Waals surface area contributed by atoms with Gasteiger partial charge in [-0.05, 0) is 50.0 Å². The van der Waals surface area contributed by atoms with E-state index in [4.69, 9.17) is 0 Å². The van der Waals surface area contributed by atoms with Gasteiger partial charge < -0.3 is 15.0 Å². The van der Waals surface area contributed by atoms with E-state index in [9.17, 15) is 18.8 Å². The Morgan fingerprint density at radius 3 is 2.73 bits per heavy atom. The summed E-state index contributed by atoms with van der Waals surface area (Å²) in [5.74, 6) is 0.430. The second-order valence-electron chi connectivity index (χ2n) is 8.63. The number of aromatic nitrogens is 2. The molecule has 2 aromatic rings. The highest BCUT2D eigenvalue weighted by atomic mass is 32.2. The van der Waals surface area contributed by atoms with E-state index in [0.717, 1.165) is 48.8 Å². The van der Waals surface area contributed by atoms with Crippen molar-refractivity contribution in [2.75, 3.05) is 37.4 Å². The van der Waals surface area contributed by atoms with Gasteiger partial charge in [0.25, 0.3) is 0 Å². The molecular formula is C21H29N5O3S. The normalized spacial score (nSPS) is 25.4. The van der Waals surface area contributed by atoms with Crippen molar-refractivity contribution in [3.63, 3.8) is 0 Å². The number of nitrogens with zero attached hydrogens (tertiary/aromatic N) is 4. The number of nitriles is 1. The number of hydrogen-bond acceptors (Lipinski definition) is 6. The largest absolute Gasteiger partial charge is 0.396 e. The first-order chi connectivity index (χ1) is 14.4. The van der Waals surface area contributed by atoms with Crippen molar-refractivity contribution in [1.29, 1.82) is 5.26 Å². The Hall–Kier alpha value is -2.15. The quantitative estimate of drug-likeness (QED) is 0.724. The molecule has 1 aliphatic carbocycles. The molecule has 0 bridgehead atoms. The van der Waals surface area contributed by atoms with Crippen molar-refractivity contribution in [2.24, 2.45) is 11.8 Å². The molecule has 1 aliphatic heterocycles. The fraction of sp³-hybridized carbons (Fsp3) is 0.619. The first kappa shape index (κ1) is 21.1. The van der Waals surface area contributed by atoms with Gasteiger partial charge in [0.1, 0.15) is 11.7 Å². The summed E-state index contributed by atoms with van der Waals surface area (Å²) in [7, 11) is -1.25. The van der Waals surface area contributed by atoms with Gasteiger partial charge in [-0.15, -0.1) is 0 Å². The van der Waals surface area contributed by atoms with E-state index in [1.54, 1.807) is 10.5 Å². The first-order valence-electron chi connectivity index (χ1n) is 10.6. The minimum absolute atomic E-state index is 0.0531. The van der Waals surface area contributed by atoms with Crippen molar-refractivity contribution in [3.05, 3.63) is 24.0 Å². The van der Waals surface area contributed by atoms with Crippen molar-refractivity contribution in [1.82, 2.24) is 14.3 Å². The van der Waals surface area contributed by atoms with Crippen LogP contribution in [0.15, 0.2) is 18.5 Å². The second-order valence-corrected chi connectivity index (χ2v) is 10.6. The molecule has 0 aromatic carbocycles. The number of aliphatic hydroxyl groups excluding tert-OH is 1. The van der Waals surface area contributed by atoms with Crippen molar-refractivity contribution < 1.29 is 13.5 Å². The van der Waals surface area contributed by atoms with E-state index in [1.807, 2.05) is 19.3 Å². The van der Waals surface area contributed by atoms with Gasteiger partial charge in [-0.25, -0.2) is 17.7 Å². The number of anilines is 1. The fourth-order valence-corrected chi connectivity index (χ4v) is 6.90. The van der Waals surface area contributed by atoms with E-state index >= 15 is 0 Å². The summed E-state index contributed by atoms with van der Waals surface area (Å²) in [6, 6.07) is 4.47. The average Bonchev–Trinajstić information content (AvgIpc) is 3.42. The van der Waals surface area contributed by atoms with Crippen LogP contribution in [-0.4, -0.2) is 66.3 Å². The van der Waals surface area contributed by atoms with Gasteiger partial charge in [-0.1, -0.05) is 0 Å². The SMILES string of the molecule is CN(c1c(C#N)cnc2[nH]ccc12)C1CCC(CS(=O)(=O)N2CCC(CO)C2)CC1. The number of H-pyrrole nitrogens is 1. The molecule has 0 amide bonds. The predicted molar refractivity (Wildman–Crippen MR) is 116 cm³/mol. The van der Waals surface area contributed by atoms with Crippen LogP contribution in [0.1, 0.15) is 37.7 Å². The zero-order valence-corrected chi connectivity index (χ0v) is 18.1. The van der Waals surface area contributed by atoms with Crippen LogP contribution in [0.4, 0.5) is 5.69 Å². The Labute approximate surface area is 177 Å².